The van der Waals surface area contributed by atoms with Crippen LogP contribution in [0.25, 0.3) is 0 Å². The molecule has 19 heavy (non-hydrogen) atoms. The number of methoxy groups -OCH3 is 1. The zero-order valence-electron chi connectivity index (χ0n) is 12.2. The van der Waals surface area contributed by atoms with Crippen molar-refractivity contribution in [3.05, 3.63) is 0 Å². The van der Waals surface area contributed by atoms with Crippen LogP contribution in [0.1, 0.15) is 26.7 Å². The monoisotopic (exact) mass is 278 g/mol. The third kappa shape index (κ3) is 11.9. The Morgan fingerprint density at radius 1 is 1.00 bits per heavy atom. The largest absolute Gasteiger partial charge is 0.508 e. The second kappa shape index (κ2) is 13.6. The van der Waals surface area contributed by atoms with Gasteiger partial charge in [0.1, 0.15) is 6.61 Å². The Kier molecular flexibility index (Phi) is 13.0. The minimum atomic E-state index is -0.664. The summed E-state index contributed by atoms with van der Waals surface area (Å²) < 4.78 is 25.2. The maximum absolute atomic E-state index is 11.1. The Balaban J connectivity index is 3.27. The van der Waals surface area contributed by atoms with Gasteiger partial charge in [0.25, 0.3) is 0 Å². The average Bonchev–Trinajstić information content (AvgIpc) is 2.43. The van der Waals surface area contributed by atoms with E-state index in [1.54, 1.807) is 7.11 Å². The first-order chi connectivity index (χ1) is 9.24. The molecule has 0 aromatic heterocycles. The SMILES string of the molecule is CCOCCOC(=O)OCCCOCC(CC)OC. The molecule has 0 heterocycles. The van der Waals surface area contributed by atoms with Crippen LogP contribution in [-0.4, -0.2) is 59.0 Å². The smallest absolute Gasteiger partial charge is 0.434 e. The maximum Gasteiger partial charge on any atom is 0.508 e. The van der Waals surface area contributed by atoms with Crippen LogP contribution >= 0.6 is 0 Å². The molecule has 6 heteroatoms. The molecule has 0 aliphatic heterocycles. The van der Waals surface area contributed by atoms with Gasteiger partial charge >= 0.3 is 6.16 Å². The Morgan fingerprint density at radius 2 is 1.74 bits per heavy atom. The number of hydrogen-bond acceptors (Lipinski definition) is 6. The van der Waals surface area contributed by atoms with Gasteiger partial charge in [-0.3, -0.25) is 0 Å². The van der Waals surface area contributed by atoms with Crippen molar-refractivity contribution in [2.75, 3.05) is 46.8 Å². The molecule has 0 rings (SSSR count). The number of carbonyl (C=O) groups excluding carboxylic acids is 1. The molecule has 6 nitrogen and oxygen atoms in total. The Morgan fingerprint density at radius 3 is 2.37 bits per heavy atom. The van der Waals surface area contributed by atoms with Crippen molar-refractivity contribution in [1.29, 1.82) is 0 Å². The molecule has 0 bridgehead atoms. The van der Waals surface area contributed by atoms with Crippen molar-refractivity contribution < 1.29 is 28.5 Å². The topological polar surface area (TPSA) is 63.2 Å². The van der Waals surface area contributed by atoms with Crippen LogP contribution in [0.4, 0.5) is 4.79 Å². The first-order valence-corrected chi connectivity index (χ1v) is 6.72. The summed E-state index contributed by atoms with van der Waals surface area (Å²) in [6, 6.07) is 0. The molecule has 0 aliphatic carbocycles. The highest BCUT2D eigenvalue weighted by molar-refractivity contribution is 5.59. The van der Waals surface area contributed by atoms with Crippen LogP contribution in [-0.2, 0) is 23.7 Å². The van der Waals surface area contributed by atoms with Crippen molar-refractivity contribution in [3.63, 3.8) is 0 Å². The molecule has 0 fully saturated rings. The van der Waals surface area contributed by atoms with Crippen molar-refractivity contribution in [3.8, 4) is 0 Å². The van der Waals surface area contributed by atoms with Gasteiger partial charge in [0.05, 0.1) is 25.9 Å². The number of hydrogen-bond donors (Lipinski definition) is 0. The van der Waals surface area contributed by atoms with Gasteiger partial charge in [-0.2, -0.15) is 0 Å². The summed E-state index contributed by atoms with van der Waals surface area (Å²) in [5, 5.41) is 0. The van der Waals surface area contributed by atoms with Gasteiger partial charge in [-0.15, -0.1) is 0 Å². The van der Waals surface area contributed by atoms with E-state index in [1.165, 1.54) is 0 Å². The van der Waals surface area contributed by atoms with Gasteiger partial charge in [0, 0.05) is 26.7 Å². The Bertz CT molecular complexity index is 205. The molecule has 0 saturated carbocycles. The summed E-state index contributed by atoms with van der Waals surface area (Å²) in [6.07, 6.45) is 1.02. The minimum Gasteiger partial charge on any atom is -0.434 e. The van der Waals surface area contributed by atoms with E-state index >= 15 is 0 Å². The fourth-order valence-corrected chi connectivity index (χ4v) is 1.25. The lowest BCUT2D eigenvalue weighted by Gasteiger charge is -2.13. The van der Waals surface area contributed by atoms with Gasteiger partial charge in [-0.05, 0) is 13.3 Å². The van der Waals surface area contributed by atoms with E-state index in [1.807, 2.05) is 13.8 Å². The van der Waals surface area contributed by atoms with Crippen LogP contribution in [0, 0.1) is 0 Å². The molecular formula is C13H26O6. The van der Waals surface area contributed by atoms with Crippen molar-refractivity contribution in [2.24, 2.45) is 0 Å². The second-order valence-corrected chi connectivity index (χ2v) is 3.84. The van der Waals surface area contributed by atoms with E-state index in [4.69, 9.17) is 23.7 Å². The molecule has 0 radical (unpaired) electrons. The standard InChI is InChI=1S/C13H26O6/c1-4-12(15-3)11-17-7-6-8-18-13(14)19-10-9-16-5-2/h12H,4-11H2,1-3H3. The van der Waals surface area contributed by atoms with Crippen molar-refractivity contribution in [2.45, 2.75) is 32.8 Å². The number of carbonyl (C=O) groups is 1. The summed E-state index contributed by atoms with van der Waals surface area (Å²) >= 11 is 0. The van der Waals surface area contributed by atoms with Gasteiger partial charge in [-0.1, -0.05) is 6.92 Å². The highest BCUT2D eigenvalue weighted by Gasteiger charge is 2.05. The molecule has 0 aliphatic rings. The predicted octanol–water partition coefficient (Wildman–Crippen LogP) is 2.01. The lowest BCUT2D eigenvalue weighted by Crippen LogP contribution is -2.18. The lowest BCUT2D eigenvalue weighted by molar-refractivity contribution is -0.00267. The molecule has 1 atom stereocenters. The van der Waals surface area contributed by atoms with Crippen molar-refractivity contribution in [1.82, 2.24) is 0 Å². The molecule has 0 aromatic carbocycles. The number of rotatable bonds is 12. The van der Waals surface area contributed by atoms with E-state index in [-0.39, 0.29) is 19.3 Å². The van der Waals surface area contributed by atoms with Crippen LogP contribution in [0.3, 0.4) is 0 Å². The molecule has 114 valence electrons. The van der Waals surface area contributed by atoms with E-state index in [2.05, 4.69) is 0 Å². The third-order valence-electron chi connectivity index (χ3n) is 2.40. The fourth-order valence-electron chi connectivity index (χ4n) is 1.25. The quantitative estimate of drug-likeness (QED) is 0.402. The summed E-state index contributed by atoms with van der Waals surface area (Å²) in [4.78, 5) is 11.1. The van der Waals surface area contributed by atoms with Gasteiger partial charge in [0.15, 0.2) is 0 Å². The van der Waals surface area contributed by atoms with Gasteiger partial charge in [-0.25, -0.2) is 4.79 Å². The predicted molar refractivity (Wildman–Crippen MR) is 70.3 cm³/mol. The molecule has 0 aromatic rings. The molecule has 0 spiro atoms. The summed E-state index contributed by atoms with van der Waals surface area (Å²) in [5.41, 5.74) is 0. The van der Waals surface area contributed by atoms with Gasteiger partial charge in [0.2, 0.25) is 0 Å². The summed E-state index contributed by atoms with van der Waals surface area (Å²) in [7, 11) is 1.67. The lowest BCUT2D eigenvalue weighted by atomic mass is 10.3. The minimum absolute atomic E-state index is 0.129. The molecule has 1 unspecified atom stereocenters. The molecule has 0 amide bonds. The average molecular weight is 278 g/mol. The van der Waals surface area contributed by atoms with Crippen molar-refractivity contribution >= 4 is 6.16 Å². The maximum atomic E-state index is 11.1. The Labute approximate surface area is 115 Å². The zero-order valence-corrected chi connectivity index (χ0v) is 12.2. The highest BCUT2D eigenvalue weighted by Crippen LogP contribution is 1.97. The first kappa shape index (κ1) is 18.1. The van der Waals surface area contributed by atoms with E-state index in [0.717, 1.165) is 6.42 Å². The highest BCUT2D eigenvalue weighted by atomic mass is 16.7. The van der Waals surface area contributed by atoms with Crippen LogP contribution < -0.4 is 0 Å². The number of ether oxygens (including phenoxy) is 5. The second-order valence-electron chi connectivity index (χ2n) is 3.84. The molecular weight excluding hydrogens is 252 g/mol. The van der Waals surface area contributed by atoms with Crippen LogP contribution in [0.15, 0.2) is 0 Å². The fraction of sp³-hybridized carbons (Fsp3) is 0.923. The zero-order chi connectivity index (χ0) is 14.3. The summed E-state index contributed by atoms with van der Waals surface area (Å²) in [6.45, 7) is 6.52. The van der Waals surface area contributed by atoms with E-state index < -0.39 is 6.16 Å². The Hall–Kier alpha value is -0.850. The third-order valence-corrected chi connectivity index (χ3v) is 2.40. The van der Waals surface area contributed by atoms with E-state index in [0.29, 0.717) is 32.8 Å². The molecule has 0 N–H and O–H groups in total. The van der Waals surface area contributed by atoms with Crippen LogP contribution in [0.2, 0.25) is 0 Å². The van der Waals surface area contributed by atoms with Gasteiger partial charge < -0.3 is 23.7 Å². The normalized spacial score (nSPS) is 12.2. The van der Waals surface area contributed by atoms with E-state index in [9.17, 15) is 4.79 Å². The first-order valence-electron chi connectivity index (χ1n) is 6.72. The molecule has 0 saturated heterocycles. The summed E-state index contributed by atoms with van der Waals surface area (Å²) in [5.74, 6) is 0. The van der Waals surface area contributed by atoms with Crippen LogP contribution in [0.5, 0.6) is 0 Å².